The van der Waals surface area contributed by atoms with Crippen LogP contribution < -0.4 is 11.5 Å². The van der Waals surface area contributed by atoms with E-state index in [4.69, 9.17) is 11.5 Å². The molecule has 2 heterocycles. The number of rotatable bonds is 1. The summed E-state index contributed by atoms with van der Waals surface area (Å²) in [7, 11) is 0. The van der Waals surface area contributed by atoms with Gasteiger partial charge in [-0.05, 0) is 29.1 Å². The van der Waals surface area contributed by atoms with E-state index in [-0.39, 0.29) is 5.69 Å². The zero-order valence-electron chi connectivity index (χ0n) is 9.35. The average Bonchev–Trinajstić information content (AvgIpc) is 2.78. The van der Waals surface area contributed by atoms with Gasteiger partial charge in [-0.1, -0.05) is 6.07 Å². The van der Waals surface area contributed by atoms with Gasteiger partial charge in [0.15, 0.2) is 0 Å². The van der Waals surface area contributed by atoms with Gasteiger partial charge in [-0.2, -0.15) is 0 Å². The van der Waals surface area contributed by atoms with Crippen LogP contribution >= 0.6 is 11.3 Å². The van der Waals surface area contributed by atoms with Gasteiger partial charge in [0.25, 0.3) is 0 Å². The summed E-state index contributed by atoms with van der Waals surface area (Å²) in [4.78, 5) is 4.07. The van der Waals surface area contributed by atoms with E-state index in [1.807, 2.05) is 11.4 Å². The minimum atomic E-state index is -0.422. The lowest BCUT2D eigenvalue weighted by Gasteiger charge is -2.03. The summed E-state index contributed by atoms with van der Waals surface area (Å²) in [6.07, 6.45) is 1.67. The number of anilines is 2. The molecule has 0 fully saturated rings. The van der Waals surface area contributed by atoms with Crippen LogP contribution in [0.3, 0.4) is 0 Å². The standard InChI is InChI=1S/C13H10FN3S/c14-9-5-7(1-2-10(9)15)8-6-18-11-3-4-17-13(16)12(8)11/h1-6H,15H2,(H2,16,17). The number of hydrogen-bond donors (Lipinski definition) is 2. The van der Waals surface area contributed by atoms with E-state index in [0.717, 1.165) is 21.2 Å². The number of pyridine rings is 1. The number of hydrogen-bond acceptors (Lipinski definition) is 4. The molecule has 0 radical (unpaired) electrons. The summed E-state index contributed by atoms with van der Waals surface area (Å²) in [6, 6.07) is 6.66. The van der Waals surface area contributed by atoms with Crippen LogP contribution in [0.15, 0.2) is 35.8 Å². The van der Waals surface area contributed by atoms with Crippen molar-refractivity contribution in [2.24, 2.45) is 0 Å². The second-order valence-electron chi connectivity index (χ2n) is 3.95. The average molecular weight is 259 g/mol. The molecule has 3 aromatic rings. The van der Waals surface area contributed by atoms with Gasteiger partial charge in [0.2, 0.25) is 0 Å². The molecule has 0 spiro atoms. The molecule has 0 saturated heterocycles. The summed E-state index contributed by atoms with van der Waals surface area (Å²) in [5.41, 5.74) is 13.1. The third-order valence-electron chi connectivity index (χ3n) is 2.83. The fourth-order valence-corrected chi connectivity index (χ4v) is 2.89. The highest BCUT2D eigenvalue weighted by Gasteiger charge is 2.11. The quantitative estimate of drug-likeness (QED) is 0.659. The second-order valence-corrected chi connectivity index (χ2v) is 4.87. The highest BCUT2D eigenvalue weighted by atomic mass is 32.1. The molecule has 4 N–H and O–H groups in total. The fraction of sp³-hybridized carbons (Fsp3) is 0. The number of aromatic nitrogens is 1. The first-order valence-corrected chi connectivity index (χ1v) is 6.22. The van der Waals surface area contributed by atoms with Gasteiger partial charge in [-0.15, -0.1) is 11.3 Å². The van der Waals surface area contributed by atoms with Crippen LogP contribution in [0.25, 0.3) is 21.2 Å². The molecule has 0 aliphatic rings. The van der Waals surface area contributed by atoms with Crippen molar-refractivity contribution in [2.45, 2.75) is 0 Å². The Morgan fingerprint density at radius 3 is 2.78 bits per heavy atom. The fourth-order valence-electron chi connectivity index (χ4n) is 1.92. The zero-order chi connectivity index (χ0) is 12.7. The van der Waals surface area contributed by atoms with Gasteiger partial charge >= 0.3 is 0 Å². The summed E-state index contributed by atoms with van der Waals surface area (Å²) in [5.74, 6) is 0.0373. The van der Waals surface area contributed by atoms with Crippen LogP contribution in [-0.4, -0.2) is 4.98 Å². The van der Waals surface area contributed by atoms with Gasteiger partial charge in [-0.25, -0.2) is 9.37 Å². The van der Waals surface area contributed by atoms with Gasteiger partial charge in [0.1, 0.15) is 11.6 Å². The number of fused-ring (bicyclic) bond motifs is 1. The number of nitrogen functional groups attached to an aromatic ring is 2. The lowest BCUT2D eigenvalue weighted by atomic mass is 10.0. The number of halogens is 1. The van der Waals surface area contributed by atoms with E-state index >= 15 is 0 Å². The minimum absolute atomic E-state index is 0.143. The smallest absolute Gasteiger partial charge is 0.146 e. The largest absolute Gasteiger partial charge is 0.396 e. The Labute approximate surface area is 107 Å². The SMILES string of the molecule is Nc1ccc(-c2csc3ccnc(N)c23)cc1F. The molecule has 0 aliphatic heterocycles. The third-order valence-corrected chi connectivity index (χ3v) is 3.77. The number of thiophene rings is 1. The van der Waals surface area contributed by atoms with Crippen LogP contribution in [0.4, 0.5) is 15.9 Å². The highest BCUT2D eigenvalue weighted by Crippen LogP contribution is 2.37. The van der Waals surface area contributed by atoms with Gasteiger partial charge in [-0.3, -0.25) is 0 Å². The van der Waals surface area contributed by atoms with Crippen LogP contribution in [0.5, 0.6) is 0 Å². The topological polar surface area (TPSA) is 64.9 Å². The molecule has 90 valence electrons. The van der Waals surface area contributed by atoms with Crippen molar-refractivity contribution in [3.8, 4) is 11.1 Å². The number of benzene rings is 1. The molecule has 0 unspecified atom stereocenters. The molecular weight excluding hydrogens is 249 g/mol. The van der Waals surface area contributed by atoms with E-state index in [1.165, 1.54) is 6.07 Å². The van der Waals surface area contributed by atoms with E-state index in [9.17, 15) is 4.39 Å². The third kappa shape index (κ3) is 1.60. The first-order chi connectivity index (χ1) is 8.66. The molecule has 1 aromatic carbocycles. The van der Waals surface area contributed by atoms with E-state index in [2.05, 4.69) is 4.98 Å². The molecule has 3 rings (SSSR count). The molecule has 0 amide bonds. The molecule has 5 heteroatoms. The Balaban J connectivity index is 2.28. The predicted molar refractivity (Wildman–Crippen MR) is 73.8 cm³/mol. The molecule has 0 saturated carbocycles. The Bertz CT molecular complexity index is 736. The van der Waals surface area contributed by atoms with Gasteiger partial charge in [0, 0.05) is 21.8 Å². The Morgan fingerprint density at radius 2 is 2.00 bits per heavy atom. The van der Waals surface area contributed by atoms with Gasteiger partial charge in [0.05, 0.1) is 5.69 Å². The summed E-state index contributed by atoms with van der Waals surface area (Å²) in [6.45, 7) is 0. The molecular formula is C13H10FN3S. The Hall–Kier alpha value is -2.14. The van der Waals surface area contributed by atoms with Crippen molar-refractivity contribution in [3.63, 3.8) is 0 Å². The molecule has 0 bridgehead atoms. The van der Waals surface area contributed by atoms with Crippen LogP contribution in [-0.2, 0) is 0 Å². The van der Waals surface area contributed by atoms with Crippen LogP contribution in [0, 0.1) is 5.82 Å². The number of nitrogens with two attached hydrogens (primary N) is 2. The molecule has 2 aromatic heterocycles. The second kappa shape index (κ2) is 3.96. The molecule has 3 nitrogen and oxygen atoms in total. The Kier molecular flexibility index (Phi) is 2.41. The van der Waals surface area contributed by atoms with Crippen molar-refractivity contribution < 1.29 is 4.39 Å². The van der Waals surface area contributed by atoms with Crippen molar-refractivity contribution in [3.05, 3.63) is 41.7 Å². The maximum absolute atomic E-state index is 13.5. The summed E-state index contributed by atoms with van der Waals surface area (Å²) in [5, 5.41) is 2.82. The van der Waals surface area contributed by atoms with Crippen molar-refractivity contribution in [1.82, 2.24) is 4.98 Å². The van der Waals surface area contributed by atoms with Crippen molar-refractivity contribution in [2.75, 3.05) is 11.5 Å². The van der Waals surface area contributed by atoms with Crippen molar-refractivity contribution in [1.29, 1.82) is 0 Å². The maximum Gasteiger partial charge on any atom is 0.146 e. The maximum atomic E-state index is 13.5. The molecule has 0 atom stereocenters. The van der Waals surface area contributed by atoms with Crippen LogP contribution in [0.2, 0.25) is 0 Å². The number of nitrogens with zero attached hydrogens (tertiary/aromatic N) is 1. The Morgan fingerprint density at radius 1 is 1.17 bits per heavy atom. The summed E-state index contributed by atoms with van der Waals surface area (Å²) >= 11 is 1.56. The van der Waals surface area contributed by atoms with Crippen LogP contribution in [0.1, 0.15) is 0 Å². The lowest BCUT2D eigenvalue weighted by Crippen LogP contribution is -1.92. The first-order valence-electron chi connectivity index (χ1n) is 5.34. The first kappa shape index (κ1) is 11.0. The molecule has 18 heavy (non-hydrogen) atoms. The molecule has 0 aliphatic carbocycles. The predicted octanol–water partition coefficient (Wildman–Crippen LogP) is 3.27. The van der Waals surface area contributed by atoms with E-state index in [0.29, 0.717) is 5.82 Å². The van der Waals surface area contributed by atoms with E-state index in [1.54, 1.807) is 29.7 Å². The normalized spacial score (nSPS) is 10.9. The van der Waals surface area contributed by atoms with E-state index < -0.39 is 5.82 Å². The monoisotopic (exact) mass is 259 g/mol. The zero-order valence-corrected chi connectivity index (χ0v) is 10.2. The van der Waals surface area contributed by atoms with Gasteiger partial charge < -0.3 is 11.5 Å². The lowest BCUT2D eigenvalue weighted by molar-refractivity contribution is 0.633. The summed E-state index contributed by atoms with van der Waals surface area (Å²) < 4.78 is 14.5. The minimum Gasteiger partial charge on any atom is -0.396 e. The highest BCUT2D eigenvalue weighted by molar-refractivity contribution is 7.17. The van der Waals surface area contributed by atoms with Crippen molar-refractivity contribution >= 4 is 32.9 Å².